The van der Waals surface area contributed by atoms with Crippen molar-refractivity contribution < 1.29 is 15.1 Å². The highest BCUT2D eigenvalue weighted by molar-refractivity contribution is 5.02. The predicted octanol–water partition coefficient (Wildman–Crippen LogP) is 0.923. The molecule has 1 fully saturated rings. The Bertz CT molecular complexity index is 228. The molecule has 0 aromatic rings. The van der Waals surface area contributed by atoms with Crippen molar-refractivity contribution in [3.63, 3.8) is 0 Å². The first kappa shape index (κ1) is 12.9. The molecule has 15 heavy (non-hydrogen) atoms. The van der Waals surface area contributed by atoms with Crippen LogP contribution in [0.5, 0.6) is 0 Å². The summed E-state index contributed by atoms with van der Waals surface area (Å²) < 4.78 is 0. The molecule has 0 spiro atoms. The number of rotatable bonds is 2. The number of piperidine rings is 1. The van der Waals surface area contributed by atoms with Gasteiger partial charge in [0.25, 0.3) is 0 Å². The highest BCUT2D eigenvalue weighted by Gasteiger charge is 2.51. The summed E-state index contributed by atoms with van der Waals surface area (Å²) in [5, 5.41) is 21.6. The van der Waals surface area contributed by atoms with Crippen molar-refractivity contribution in [2.45, 2.75) is 64.3 Å². The number of hydroxylamine groups is 2. The van der Waals surface area contributed by atoms with Crippen molar-refractivity contribution >= 4 is 0 Å². The summed E-state index contributed by atoms with van der Waals surface area (Å²) >= 11 is 0. The summed E-state index contributed by atoms with van der Waals surface area (Å²) in [6.07, 6.45) is -0.957. The fourth-order valence-electron chi connectivity index (χ4n) is 2.55. The maximum absolute atomic E-state index is 9.96. The molecule has 0 aliphatic carbocycles. The van der Waals surface area contributed by atoms with Crippen LogP contribution in [0.3, 0.4) is 0 Å². The summed E-state index contributed by atoms with van der Waals surface area (Å²) in [7, 11) is 0. The lowest BCUT2D eigenvalue weighted by atomic mass is 9.78. The topological polar surface area (TPSA) is 52.9 Å². The van der Waals surface area contributed by atoms with E-state index in [9.17, 15) is 10.2 Å². The standard InChI is InChI=1S/C11H23NO3/c1-6-15-12-10(2,3)7-8(13)9(14)11(12,4)5/h8-9,13-14H,6-7H2,1-5H3. The molecule has 90 valence electrons. The van der Waals surface area contributed by atoms with Gasteiger partial charge in [-0.05, 0) is 41.0 Å². The Balaban J connectivity index is 2.97. The van der Waals surface area contributed by atoms with Gasteiger partial charge in [-0.2, -0.15) is 5.06 Å². The van der Waals surface area contributed by atoms with E-state index >= 15 is 0 Å². The van der Waals surface area contributed by atoms with E-state index in [0.29, 0.717) is 13.0 Å². The van der Waals surface area contributed by atoms with E-state index in [4.69, 9.17) is 4.84 Å². The third kappa shape index (κ3) is 2.18. The Labute approximate surface area is 91.8 Å². The Kier molecular flexibility index (Phi) is 3.45. The number of nitrogens with zero attached hydrogens (tertiary/aromatic N) is 1. The first-order valence-electron chi connectivity index (χ1n) is 5.53. The number of aliphatic hydroxyl groups is 2. The SMILES string of the molecule is CCON1C(C)(C)CC(O)C(O)C1(C)C. The maximum atomic E-state index is 9.96. The Morgan fingerprint density at radius 2 is 1.80 bits per heavy atom. The van der Waals surface area contributed by atoms with Crippen molar-refractivity contribution in [2.24, 2.45) is 0 Å². The van der Waals surface area contributed by atoms with Crippen LogP contribution in [0, 0.1) is 0 Å². The summed E-state index contributed by atoms with van der Waals surface area (Å²) in [5.41, 5.74) is -0.838. The van der Waals surface area contributed by atoms with E-state index in [0.717, 1.165) is 0 Å². The third-order valence-corrected chi connectivity index (χ3v) is 3.13. The fourth-order valence-corrected chi connectivity index (χ4v) is 2.55. The van der Waals surface area contributed by atoms with Crippen LogP contribution in [0.4, 0.5) is 0 Å². The molecule has 1 rings (SSSR count). The fraction of sp³-hybridized carbons (Fsp3) is 1.00. The molecule has 4 nitrogen and oxygen atoms in total. The summed E-state index contributed by atoms with van der Waals surface area (Å²) in [5.74, 6) is 0. The second kappa shape index (κ2) is 4.01. The molecule has 0 amide bonds. The van der Waals surface area contributed by atoms with Gasteiger partial charge in [-0.1, -0.05) is 0 Å². The van der Waals surface area contributed by atoms with Crippen molar-refractivity contribution in [1.82, 2.24) is 5.06 Å². The van der Waals surface area contributed by atoms with Crippen LogP contribution >= 0.6 is 0 Å². The molecule has 1 saturated heterocycles. The van der Waals surface area contributed by atoms with Crippen LogP contribution in [0.25, 0.3) is 0 Å². The van der Waals surface area contributed by atoms with Gasteiger partial charge in [0, 0.05) is 5.54 Å². The lowest BCUT2D eigenvalue weighted by molar-refractivity contribution is -0.316. The molecule has 1 aliphatic rings. The van der Waals surface area contributed by atoms with E-state index in [1.165, 1.54) is 0 Å². The predicted molar refractivity (Wildman–Crippen MR) is 58.3 cm³/mol. The van der Waals surface area contributed by atoms with E-state index in [2.05, 4.69) is 0 Å². The number of hydrogen-bond donors (Lipinski definition) is 2. The highest BCUT2D eigenvalue weighted by atomic mass is 16.7. The summed E-state index contributed by atoms with van der Waals surface area (Å²) in [6.45, 7) is 10.3. The van der Waals surface area contributed by atoms with Crippen LogP contribution in [-0.4, -0.2) is 45.2 Å². The number of aliphatic hydroxyl groups excluding tert-OH is 2. The maximum Gasteiger partial charge on any atom is 0.100 e. The van der Waals surface area contributed by atoms with Gasteiger partial charge in [0.15, 0.2) is 0 Å². The van der Waals surface area contributed by atoms with Gasteiger partial charge >= 0.3 is 0 Å². The van der Waals surface area contributed by atoms with Gasteiger partial charge in [0.1, 0.15) is 6.10 Å². The van der Waals surface area contributed by atoms with E-state index in [-0.39, 0.29) is 5.54 Å². The first-order valence-corrected chi connectivity index (χ1v) is 5.53. The van der Waals surface area contributed by atoms with Crippen LogP contribution in [0.1, 0.15) is 41.0 Å². The lowest BCUT2D eigenvalue weighted by Gasteiger charge is -2.55. The molecular weight excluding hydrogens is 194 g/mol. The normalized spacial score (nSPS) is 35.4. The molecule has 2 atom stereocenters. The molecule has 0 saturated carbocycles. The minimum Gasteiger partial charge on any atom is -0.390 e. The zero-order chi connectivity index (χ0) is 11.9. The smallest absolute Gasteiger partial charge is 0.100 e. The average Bonchev–Trinajstić information content (AvgIpc) is 2.09. The van der Waals surface area contributed by atoms with Gasteiger partial charge in [-0.25, -0.2) is 0 Å². The molecule has 2 unspecified atom stereocenters. The molecule has 0 bridgehead atoms. The Morgan fingerprint density at radius 3 is 2.27 bits per heavy atom. The van der Waals surface area contributed by atoms with Crippen LogP contribution in [0.15, 0.2) is 0 Å². The second-order valence-electron chi connectivity index (χ2n) is 5.39. The van der Waals surface area contributed by atoms with Gasteiger partial charge in [0.2, 0.25) is 0 Å². The largest absolute Gasteiger partial charge is 0.390 e. The molecule has 4 heteroatoms. The van der Waals surface area contributed by atoms with Gasteiger partial charge in [-0.15, -0.1) is 0 Å². The Morgan fingerprint density at radius 1 is 1.27 bits per heavy atom. The molecular formula is C11H23NO3. The Hall–Kier alpha value is -0.160. The molecule has 1 heterocycles. The summed E-state index contributed by atoms with van der Waals surface area (Å²) in [4.78, 5) is 5.59. The monoisotopic (exact) mass is 217 g/mol. The molecule has 0 aromatic heterocycles. The van der Waals surface area contributed by atoms with Crippen molar-refractivity contribution in [3.8, 4) is 0 Å². The molecule has 2 N–H and O–H groups in total. The zero-order valence-corrected chi connectivity index (χ0v) is 10.3. The lowest BCUT2D eigenvalue weighted by Crippen LogP contribution is -2.68. The van der Waals surface area contributed by atoms with Crippen molar-refractivity contribution in [2.75, 3.05) is 6.61 Å². The van der Waals surface area contributed by atoms with Crippen LogP contribution < -0.4 is 0 Å². The van der Waals surface area contributed by atoms with E-state index in [1.807, 2.05) is 39.7 Å². The van der Waals surface area contributed by atoms with Crippen molar-refractivity contribution in [1.29, 1.82) is 0 Å². The molecule has 1 aliphatic heterocycles. The molecule has 0 aromatic carbocycles. The summed E-state index contributed by atoms with van der Waals surface area (Å²) in [6, 6.07) is 0. The minimum absolute atomic E-state index is 0.266. The second-order valence-corrected chi connectivity index (χ2v) is 5.39. The average molecular weight is 217 g/mol. The zero-order valence-electron chi connectivity index (χ0n) is 10.3. The molecule has 0 radical (unpaired) electrons. The van der Waals surface area contributed by atoms with Gasteiger partial charge in [-0.3, -0.25) is 4.84 Å². The van der Waals surface area contributed by atoms with E-state index < -0.39 is 17.7 Å². The van der Waals surface area contributed by atoms with E-state index in [1.54, 1.807) is 0 Å². The van der Waals surface area contributed by atoms with Crippen LogP contribution in [-0.2, 0) is 4.84 Å². The van der Waals surface area contributed by atoms with Gasteiger partial charge in [0.05, 0.1) is 18.2 Å². The highest BCUT2D eigenvalue weighted by Crippen LogP contribution is 2.38. The van der Waals surface area contributed by atoms with Crippen molar-refractivity contribution in [3.05, 3.63) is 0 Å². The van der Waals surface area contributed by atoms with Gasteiger partial charge < -0.3 is 10.2 Å². The minimum atomic E-state index is -0.780. The third-order valence-electron chi connectivity index (χ3n) is 3.13. The first-order chi connectivity index (χ1) is 6.73. The number of hydrogen-bond acceptors (Lipinski definition) is 4. The van der Waals surface area contributed by atoms with Crippen LogP contribution in [0.2, 0.25) is 0 Å². The quantitative estimate of drug-likeness (QED) is 0.722.